The monoisotopic (exact) mass is 609 g/mol. The molecule has 0 aliphatic carbocycles. The largest absolute Gasteiger partial charge is 0.453 e. The second-order valence-electron chi connectivity index (χ2n) is 10.8. The van der Waals surface area contributed by atoms with Gasteiger partial charge in [0.2, 0.25) is 5.91 Å². The third-order valence-electron chi connectivity index (χ3n) is 7.76. The molecule has 44 heavy (non-hydrogen) atoms. The number of morpholine rings is 1. The maximum absolute atomic E-state index is 14.0. The summed E-state index contributed by atoms with van der Waals surface area (Å²) in [4.78, 5) is 27.7. The summed E-state index contributed by atoms with van der Waals surface area (Å²) in [6.45, 7) is 1.46. The Bertz CT molecular complexity index is 1430. The van der Waals surface area contributed by atoms with Crippen molar-refractivity contribution in [3.63, 3.8) is 0 Å². The van der Waals surface area contributed by atoms with Crippen LogP contribution in [-0.4, -0.2) is 56.2 Å². The molecular weight excluding hydrogens is 570 g/mol. The first-order valence-electron chi connectivity index (χ1n) is 15.0. The number of carbonyl (C=O) groups excluding carboxylic acids is 2. The van der Waals surface area contributed by atoms with Crippen LogP contribution in [0.4, 0.5) is 10.5 Å². The molecule has 4 aromatic rings. The van der Waals surface area contributed by atoms with E-state index in [0.717, 1.165) is 47.5 Å². The topological polar surface area (TPSA) is 88.7 Å². The molecule has 3 atom stereocenters. The Morgan fingerprint density at radius 3 is 2.11 bits per heavy atom. The number of rotatable bonds is 12. The quantitative estimate of drug-likeness (QED) is 0.164. The average Bonchev–Trinajstić information content (AvgIpc) is 3.08. The highest BCUT2D eigenvalue weighted by Crippen LogP contribution is 2.30. The van der Waals surface area contributed by atoms with Crippen LogP contribution in [0.1, 0.15) is 29.0 Å². The Labute approximate surface area is 263 Å². The molecule has 228 valence electrons. The van der Waals surface area contributed by atoms with Gasteiger partial charge in [0, 0.05) is 34.8 Å². The molecule has 2 amide bonds. The van der Waals surface area contributed by atoms with Crippen LogP contribution in [-0.2, 0) is 20.7 Å². The van der Waals surface area contributed by atoms with Crippen LogP contribution in [0.5, 0.6) is 0 Å². The number of hydrogen-bond acceptors (Lipinski definition) is 6. The highest BCUT2D eigenvalue weighted by Gasteiger charge is 2.33. The van der Waals surface area contributed by atoms with Crippen molar-refractivity contribution in [2.24, 2.45) is 0 Å². The molecule has 0 bridgehead atoms. The summed E-state index contributed by atoms with van der Waals surface area (Å²) in [6.07, 6.45) is 0.977. The van der Waals surface area contributed by atoms with Crippen molar-refractivity contribution in [2.45, 2.75) is 41.8 Å². The fraction of sp³-hybridized carbons (Fsp3) is 0.278. The van der Waals surface area contributed by atoms with Gasteiger partial charge in [0.05, 0.1) is 19.8 Å². The zero-order valence-corrected chi connectivity index (χ0v) is 25.7. The normalized spacial score (nSPS) is 17.0. The van der Waals surface area contributed by atoms with Crippen molar-refractivity contribution in [1.29, 1.82) is 0 Å². The van der Waals surface area contributed by atoms with Crippen LogP contribution < -0.4 is 16.0 Å². The van der Waals surface area contributed by atoms with E-state index in [0.29, 0.717) is 12.6 Å². The average molecular weight is 610 g/mol. The van der Waals surface area contributed by atoms with E-state index >= 15 is 0 Å². The van der Waals surface area contributed by atoms with Crippen molar-refractivity contribution in [2.75, 3.05) is 31.3 Å². The van der Waals surface area contributed by atoms with E-state index in [1.54, 1.807) is 0 Å². The van der Waals surface area contributed by atoms with Crippen LogP contribution in [0.15, 0.2) is 120 Å². The molecule has 0 saturated carbocycles. The number of carbonyl (C=O) groups is 2. The first kappa shape index (κ1) is 31.3. The third-order valence-corrected chi connectivity index (χ3v) is 8.94. The Balaban J connectivity index is 1.24. The maximum Gasteiger partial charge on any atom is 0.407 e. The summed E-state index contributed by atoms with van der Waals surface area (Å²) in [6, 6.07) is 37.1. The Kier molecular flexibility index (Phi) is 11.5. The predicted octanol–water partition coefficient (Wildman–Crippen LogP) is 6.26. The van der Waals surface area contributed by atoms with Crippen LogP contribution in [0, 0.1) is 0 Å². The molecule has 3 N–H and O–H groups in total. The SMILES string of the molecule is COC(=O)NC(C(=O)Nc1ccccc1CC[C@@H]1CN[C@H](CSc2ccccc2)CO1)C(c1ccccc1)c1ccccc1. The molecule has 0 spiro atoms. The Morgan fingerprint density at radius 1 is 0.886 bits per heavy atom. The third kappa shape index (κ3) is 8.72. The molecule has 1 fully saturated rings. The molecule has 0 aromatic heterocycles. The number of thioether (sulfide) groups is 1. The number of aryl methyl sites for hydroxylation is 1. The number of hydrogen-bond donors (Lipinski definition) is 3. The first-order chi connectivity index (χ1) is 21.6. The van der Waals surface area contributed by atoms with E-state index in [9.17, 15) is 9.59 Å². The number of anilines is 1. The van der Waals surface area contributed by atoms with Crippen LogP contribution >= 0.6 is 11.8 Å². The highest BCUT2D eigenvalue weighted by atomic mass is 32.2. The van der Waals surface area contributed by atoms with Gasteiger partial charge in [-0.3, -0.25) is 4.79 Å². The lowest BCUT2D eigenvalue weighted by Gasteiger charge is -2.30. The minimum Gasteiger partial charge on any atom is -0.453 e. The van der Waals surface area contributed by atoms with Crippen molar-refractivity contribution in [3.05, 3.63) is 132 Å². The molecule has 1 aliphatic rings. The van der Waals surface area contributed by atoms with E-state index in [4.69, 9.17) is 9.47 Å². The van der Waals surface area contributed by atoms with Gasteiger partial charge in [-0.25, -0.2) is 4.79 Å². The number of methoxy groups -OCH3 is 1. The van der Waals surface area contributed by atoms with Crippen molar-refractivity contribution in [1.82, 2.24) is 10.6 Å². The highest BCUT2D eigenvalue weighted by molar-refractivity contribution is 7.99. The van der Waals surface area contributed by atoms with Gasteiger partial charge in [0.25, 0.3) is 0 Å². The van der Waals surface area contributed by atoms with Gasteiger partial charge in [-0.05, 0) is 47.7 Å². The fourth-order valence-corrected chi connectivity index (χ4v) is 6.40. The number of ether oxygens (including phenoxy) is 2. The zero-order chi connectivity index (χ0) is 30.6. The minimum atomic E-state index is -0.920. The van der Waals surface area contributed by atoms with Gasteiger partial charge < -0.3 is 25.4 Å². The van der Waals surface area contributed by atoms with E-state index in [2.05, 4.69) is 40.2 Å². The first-order valence-corrected chi connectivity index (χ1v) is 15.9. The van der Waals surface area contributed by atoms with Crippen LogP contribution in [0.25, 0.3) is 0 Å². The lowest BCUT2D eigenvalue weighted by atomic mass is 9.84. The lowest BCUT2D eigenvalue weighted by Crippen LogP contribution is -2.48. The van der Waals surface area contributed by atoms with Gasteiger partial charge in [-0.2, -0.15) is 0 Å². The van der Waals surface area contributed by atoms with E-state index in [1.165, 1.54) is 12.0 Å². The smallest absolute Gasteiger partial charge is 0.407 e. The van der Waals surface area contributed by atoms with Crippen molar-refractivity contribution >= 4 is 29.4 Å². The number of nitrogens with one attached hydrogen (secondary N) is 3. The molecular formula is C36H39N3O4S. The molecule has 1 heterocycles. The van der Waals surface area contributed by atoms with Crippen molar-refractivity contribution < 1.29 is 19.1 Å². The molecule has 7 nitrogen and oxygen atoms in total. The van der Waals surface area contributed by atoms with Crippen LogP contribution in [0.2, 0.25) is 0 Å². The lowest BCUT2D eigenvalue weighted by molar-refractivity contribution is -0.118. The summed E-state index contributed by atoms with van der Waals surface area (Å²) in [5.41, 5.74) is 3.55. The summed E-state index contributed by atoms with van der Waals surface area (Å²) in [5.74, 6) is 0.201. The van der Waals surface area contributed by atoms with E-state index in [-0.39, 0.29) is 12.0 Å². The molecule has 8 heteroatoms. The van der Waals surface area contributed by atoms with Crippen molar-refractivity contribution in [3.8, 4) is 0 Å². The summed E-state index contributed by atoms with van der Waals surface area (Å²) in [7, 11) is 1.30. The van der Waals surface area contributed by atoms with Gasteiger partial charge in [0.1, 0.15) is 6.04 Å². The maximum atomic E-state index is 14.0. The van der Waals surface area contributed by atoms with E-state index < -0.39 is 18.1 Å². The molecule has 0 radical (unpaired) electrons. The van der Waals surface area contributed by atoms with Gasteiger partial charge in [0.15, 0.2) is 0 Å². The molecule has 1 unspecified atom stereocenters. The van der Waals surface area contributed by atoms with E-state index in [1.807, 2.05) is 103 Å². The number of para-hydroxylation sites is 1. The fourth-order valence-electron chi connectivity index (χ4n) is 5.45. The summed E-state index contributed by atoms with van der Waals surface area (Å²) in [5, 5.41) is 9.56. The Morgan fingerprint density at radius 2 is 1.50 bits per heavy atom. The standard InChI is InChI=1S/C36H39N3O4S/c1-42-36(41)39-34(33(27-14-5-2-6-15-27)28-16-7-3-8-17-28)35(40)38-32-20-12-11-13-26(32)21-22-30-23-37-29(24-43-30)25-44-31-18-9-4-10-19-31/h2-20,29-30,33-34,37H,21-25H2,1H3,(H,38,40)(H,39,41)/t29-,30+,34?/m0/s1. The molecule has 5 rings (SSSR count). The minimum absolute atomic E-state index is 0.0889. The molecule has 4 aromatic carbocycles. The molecule has 1 aliphatic heterocycles. The molecule has 1 saturated heterocycles. The Hall–Kier alpha value is -4.11. The second-order valence-corrected chi connectivity index (χ2v) is 11.9. The summed E-state index contributed by atoms with van der Waals surface area (Å²) < 4.78 is 11.1. The number of alkyl carbamates (subject to hydrolysis) is 1. The number of benzene rings is 4. The number of amides is 2. The second kappa shape index (κ2) is 16.1. The van der Waals surface area contributed by atoms with Crippen LogP contribution in [0.3, 0.4) is 0 Å². The zero-order valence-electron chi connectivity index (χ0n) is 24.9. The van der Waals surface area contributed by atoms with Gasteiger partial charge in [-0.15, -0.1) is 11.8 Å². The van der Waals surface area contributed by atoms with Gasteiger partial charge >= 0.3 is 6.09 Å². The van der Waals surface area contributed by atoms with Gasteiger partial charge in [-0.1, -0.05) is 97.1 Å². The summed E-state index contributed by atoms with van der Waals surface area (Å²) >= 11 is 1.84. The predicted molar refractivity (Wildman–Crippen MR) is 176 cm³/mol.